The van der Waals surface area contributed by atoms with Crippen molar-refractivity contribution in [1.82, 2.24) is 34.7 Å². The highest BCUT2D eigenvalue weighted by Gasteiger charge is 2.43. The summed E-state index contributed by atoms with van der Waals surface area (Å²) in [5, 5.41) is 20.0. The van der Waals surface area contributed by atoms with Gasteiger partial charge in [-0.1, -0.05) is 236 Å². The largest absolute Gasteiger partial charge is 0.444 e. The molecule has 0 radical (unpaired) electrons. The lowest BCUT2D eigenvalue weighted by molar-refractivity contribution is 0.0224. The Morgan fingerprint density at radius 2 is 1.12 bits per heavy atom. The number of hydrogen-bond donors (Lipinski definition) is 1. The van der Waals surface area contributed by atoms with Gasteiger partial charge in [0.25, 0.3) is 0 Å². The third-order valence-corrected chi connectivity index (χ3v) is 15.8. The molecule has 12 rings (SSSR count). The molecule has 11 aromatic rings. The molecule has 402 valence electrons. The van der Waals surface area contributed by atoms with Crippen molar-refractivity contribution in [3.63, 3.8) is 0 Å². The van der Waals surface area contributed by atoms with Crippen LogP contribution in [0, 0.1) is 0 Å². The molecular formula is C71H66N8O2. The lowest BCUT2D eigenvalue weighted by Crippen LogP contribution is -2.39. The predicted molar refractivity (Wildman–Crippen MR) is 322 cm³/mol. The predicted octanol–water partition coefficient (Wildman–Crippen LogP) is 14.8. The van der Waals surface area contributed by atoms with Gasteiger partial charge in [0, 0.05) is 25.2 Å². The van der Waals surface area contributed by atoms with Crippen LogP contribution >= 0.6 is 0 Å². The Hall–Kier alpha value is -9.41. The van der Waals surface area contributed by atoms with Gasteiger partial charge in [-0.2, -0.15) is 5.10 Å². The first-order valence-corrected chi connectivity index (χ1v) is 28.2. The van der Waals surface area contributed by atoms with Gasteiger partial charge >= 0.3 is 6.09 Å². The molecule has 1 aliphatic rings. The lowest BCUT2D eigenvalue weighted by atomic mass is 9.76. The number of ether oxygens (including phenoxy) is 1. The van der Waals surface area contributed by atoms with E-state index in [1.807, 2.05) is 27.0 Å². The first-order valence-electron chi connectivity index (χ1n) is 28.2. The molecule has 0 bridgehead atoms. The Bertz CT molecular complexity index is 3670. The van der Waals surface area contributed by atoms with Crippen LogP contribution in [0.3, 0.4) is 0 Å². The fourth-order valence-electron chi connectivity index (χ4n) is 12.0. The van der Waals surface area contributed by atoms with Gasteiger partial charge in [-0.15, -0.1) is 5.10 Å². The van der Waals surface area contributed by atoms with Crippen LogP contribution in [0.2, 0.25) is 0 Å². The van der Waals surface area contributed by atoms with Crippen LogP contribution in [0.15, 0.2) is 249 Å². The number of anilines is 1. The average molecular weight is 1060 g/mol. The van der Waals surface area contributed by atoms with Crippen LogP contribution in [0.25, 0.3) is 11.2 Å². The topological polar surface area (TPSA) is 103 Å². The third kappa shape index (κ3) is 10.6. The summed E-state index contributed by atoms with van der Waals surface area (Å²) in [7, 11) is 0. The van der Waals surface area contributed by atoms with E-state index in [0.29, 0.717) is 36.6 Å². The molecule has 1 amide bonds. The van der Waals surface area contributed by atoms with Crippen LogP contribution in [0.4, 0.5) is 10.6 Å². The zero-order chi connectivity index (χ0) is 55.2. The number of amides is 1. The second kappa shape index (κ2) is 22.7. The van der Waals surface area contributed by atoms with Crippen LogP contribution in [0.5, 0.6) is 0 Å². The molecule has 81 heavy (non-hydrogen) atoms. The van der Waals surface area contributed by atoms with Crippen molar-refractivity contribution < 1.29 is 9.53 Å². The number of benzene rings is 8. The fraction of sp³-hybridized carbons (Fsp3) is 0.197. The molecule has 1 atom stereocenters. The SMILES string of the molecule is CC(C)(C)OC(=O)N1CCc2cc(Cn3cc(C(CCCc4ccccc4)c4cc(NC(c5ccccc5)(c5ccccc5)c5ccccc5)nc5c4nnn5C(c4ccccc4)(c4ccccc4)c4ccccc4)cn3)ccc2C1. The quantitative estimate of drug-likeness (QED) is 0.0906. The van der Waals surface area contributed by atoms with Crippen molar-refractivity contribution in [3.05, 3.63) is 316 Å². The highest BCUT2D eigenvalue weighted by Crippen LogP contribution is 2.45. The molecule has 0 saturated carbocycles. The molecule has 0 aliphatic carbocycles. The lowest BCUT2D eigenvalue weighted by Gasteiger charge is -2.38. The first kappa shape index (κ1) is 52.3. The normalized spacial score (nSPS) is 13.1. The van der Waals surface area contributed by atoms with E-state index in [-0.39, 0.29) is 12.0 Å². The van der Waals surface area contributed by atoms with Crippen molar-refractivity contribution in [2.45, 2.75) is 82.1 Å². The Morgan fingerprint density at radius 1 is 0.605 bits per heavy atom. The summed E-state index contributed by atoms with van der Waals surface area (Å²) >= 11 is 0. The van der Waals surface area contributed by atoms with Crippen molar-refractivity contribution in [3.8, 4) is 0 Å². The molecule has 10 nitrogen and oxygen atoms in total. The van der Waals surface area contributed by atoms with Crippen LogP contribution in [0.1, 0.15) is 106 Å². The fourth-order valence-corrected chi connectivity index (χ4v) is 12.0. The number of nitrogens with zero attached hydrogens (tertiary/aromatic N) is 7. The van der Waals surface area contributed by atoms with Crippen molar-refractivity contribution in [2.75, 3.05) is 11.9 Å². The molecule has 1 unspecified atom stereocenters. The van der Waals surface area contributed by atoms with Crippen molar-refractivity contribution >= 4 is 23.1 Å². The molecule has 10 heteroatoms. The number of aryl methyl sites for hydroxylation is 1. The number of pyridine rings is 1. The van der Waals surface area contributed by atoms with Gasteiger partial charge in [-0.3, -0.25) is 4.68 Å². The highest BCUT2D eigenvalue weighted by molar-refractivity contribution is 5.80. The van der Waals surface area contributed by atoms with Gasteiger partial charge in [0.05, 0.1) is 12.7 Å². The number of rotatable bonds is 17. The van der Waals surface area contributed by atoms with Crippen LogP contribution in [-0.2, 0) is 41.7 Å². The number of aromatic nitrogens is 6. The van der Waals surface area contributed by atoms with Gasteiger partial charge in [-0.05, 0) is 119 Å². The summed E-state index contributed by atoms with van der Waals surface area (Å²) in [6.45, 7) is 7.43. The van der Waals surface area contributed by atoms with Crippen molar-refractivity contribution in [1.29, 1.82) is 0 Å². The zero-order valence-electron chi connectivity index (χ0n) is 46.1. The van der Waals surface area contributed by atoms with E-state index in [2.05, 4.69) is 257 Å². The van der Waals surface area contributed by atoms with Crippen molar-refractivity contribution in [2.24, 2.45) is 0 Å². The Morgan fingerprint density at radius 3 is 1.65 bits per heavy atom. The minimum Gasteiger partial charge on any atom is -0.444 e. The molecule has 4 heterocycles. The highest BCUT2D eigenvalue weighted by atomic mass is 16.6. The molecule has 0 fully saturated rings. The molecule has 1 aliphatic heterocycles. The Labute approximate surface area is 474 Å². The molecule has 0 spiro atoms. The number of hydrogen-bond acceptors (Lipinski definition) is 7. The minimum atomic E-state index is -1.01. The summed E-state index contributed by atoms with van der Waals surface area (Å²) in [4.78, 5) is 20.7. The second-order valence-electron chi connectivity index (χ2n) is 22.2. The average Bonchev–Trinajstić information content (AvgIpc) is 4.34. The summed E-state index contributed by atoms with van der Waals surface area (Å²) in [5.41, 5.74) is 12.0. The number of carbonyl (C=O) groups excluding carboxylic acids is 1. The van der Waals surface area contributed by atoms with E-state index >= 15 is 0 Å². The summed E-state index contributed by atoms with van der Waals surface area (Å²) in [6, 6.07) is 83.5. The summed E-state index contributed by atoms with van der Waals surface area (Å²) in [5.74, 6) is 0.487. The van der Waals surface area contributed by atoms with E-state index in [1.165, 1.54) is 11.1 Å². The third-order valence-electron chi connectivity index (χ3n) is 15.8. The van der Waals surface area contributed by atoms with E-state index < -0.39 is 16.7 Å². The smallest absolute Gasteiger partial charge is 0.410 e. The zero-order valence-corrected chi connectivity index (χ0v) is 46.1. The van der Waals surface area contributed by atoms with Gasteiger partial charge in [0.2, 0.25) is 0 Å². The molecular weight excluding hydrogens is 997 g/mol. The monoisotopic (exact) mass is 1060 g/mol. The van der Waals surface area contributed by atoms with Gasteiger partial charge in [0.1, 0.15) is 28.0 Å². The van der Waals surface area contributed by atoms with Crippen LogP contribution in [-0.4, -0.2) is 52.9 Å². The number of carbonyl (C=O) groups is 1. The number of fused-ring (bicyclic) bond motifs is 2. The van der Waals surface area contributed by atoms with E-state index in [1.54, 1.807) is 4.90 Å². The Kier molecular flexibility index (Phi) is 14.7. The van der Waals surface area contributed by atoms with E-state index in [9.17, 15) is 4.79 Å². The Balaban J connectivity index is 1.05. The molecule has 1 N–H and O–H groups in total. The first-order chi connectivity index (χ1) is 39.7. The van der Waals surface area contributed by atoms with Gasteiger partial charge in [0.15, 0.2) is 5.65 Å². The second-order valence-corrected chi connectivity index (χ2v) is 22.2. The van der Waals surface area contributed by atoms with Gasteiger partial charge in [-0.25, -0.2) is 14.5 Å². The standard InChI is InChI=1S/C71H66N8O2/c1-69(2,3)81-68(80)77-45-44-54-46-53(42-43-55(54)50-77)49-78-51-56(48-72-78)63(41-25-28-52-26-11-4-12-27-52)64-47-65(74-70(57-29-13-5-14-30-57,58-31-15-6-16-32-58)59-33-17-7-18-34-59)73-67-66(64)75-76-79(67)71(60-35-19-8-20-36-60,61-37-21-9-22-38-61)62-39-23-10-24-40-62/h4-24,26-27,29-40,42-43,46-48,51,63H,25,28,41,44-45,49-50H2,1-3H3,(H,73,74). The molecule has 0 saturated heterocycles. The van der Waals surface area contributed by atoms with E-state index in [4.69, 9.17) is 25.1 Å². The van der Waals surface area contributed by atoms with Crippen LogP contribution < -0.4 is 5.32 Å². The maximum Gasteiger partial charge on any atom is 0.410 e. The van der Waals surface area contributed by atoms with E-state index in [0.717, 1.165) is 81.3 Å². The number of nitrogens with one attached hydrogen (secondary N) is 1. The molecule has 8 aromatic carbocycles. The maximum absolute atomic E-state index is 13.1. The summed E-state index contributed by atoms with van der Waals surface area (Å²) in [6.07, 6.45) is 7.32. The maximum atomic E-state index is 13.1. The summed E-state index contributed by atoms with van der Waals surface area (Å²) < 4.78 is 9.86. The molecule has 3 aromatic heterocycles. The minimum absolute atomic E-state index is 0.180. The van der Waals surface area contributed by atoms with Gasteiger partial charge < -0.3 is 15.0 Å².